The number of hydrogen-bond acceptors (Lipinski definition) is 4. The summed E-state index contributed by atoms with van der Waals surface area (Å²) < 4.78 is 5.56. The van der Waals surface area contributed by atoms with Gasteiger partial charge in [-0.15, -0.1) is 23.5 Å². The van der Waals surface area contributed by atoms with E-state index < -0.39 is 0 Å². The third-order valence-corrected chi connectivity index (χ3v) is 7.92. The van der Waals surface area contributed by atoms with Gasteiger partial charge in [0.2, 0.25) is 0 Å². The number of hydrogen-bond donors (Lipinski definition) is 0. The molecule has 0 aliphatic heterocycles. The van der Waals surface area contributed by atoms with Gasteiger partial charge in [0.1, 0.15) is 5.75 Å². The number of carbonyl (C=O) groups is 1. The number of amides is 1. The van der Waals surface area contributed by atoms with Crippen LogP contribution in [0.4, 0.5) is 5.69 Å². The fourth-order valence-corrected chi connectivity index (χ4v) is 6.07. The lowest BCUT2D eigenvalue weighted by Gasteiger charge is -2.26. The molecule has 0 saturated heterocycles. The van der Waals surface area contributed by atoms with Gasteiger partial charge in [-0.1, -0.05) is 54.6 Å². The summed E-state index contributed by atoms with van der Waals surface area (Å²) in [6.45, 7) is 0.602. The molecule has 172 valence electrons. The second-order valence-electron chi connectivity index (χ2n) is 7.60. The van der Waals surface area contributed by atoms with E-state index in [0.717, 1.165) is 17.9 Å². The molecular formula is C29H27NO2S2. The minimum absolute atomic E-state index is 0.000982. The van der Waals surface area contributed by atoms with Crippen molar-refractivity contribution >= 4 is 35.1 Å². The normalized spacial score (nSPS) is 10.8. The van der Waals surface area contributed by atoms with Gasteiger partial charge in [-0.2, -0.15) is 0 Å². The van der Waals surface area contributed by atoms with Crippen molar-refractivity contribution in [3.63, 3.8) is 0 Å². The second-order valence-corrected chi connectivity index (χ2v) is 10.5. The molecule has 4 aromatic rings. The van der Waals surface area contributed by atoms with Gasteiger partial charge in [-0.05, 0) is 67.1 Å². The Morgan fingerprint density at radius 2 is 1.24 bits per heavy atom. The van der Waals surface area contributed by atoms with Crippen molar-refractivity contribution in [2.45, 2.75) is 20.8 Å². The molecule has 0 aliphatic carbocycles. The van der Waals surface area contributed by atoms with Crippen LogP contribution in [0.3, 0.4) is 0 Å². The van der Waals surface area contributed by atoms with E-state index in [2.05, 4.69) is 48.5 Å². The maximum Gasteiger partial charge on any atom is 0.258 e. The third kappa shape index (κ3) is 6.69. The van der Waals surface area contributed by atoms with Crippen molar-refractivity contribution in [2.75, 3.05) is 18.6 Å². The smallest absolute Gasteiger partial charge is 0.258 e. The minimum atomic E-state index is -0.000982. The zero-order valence-corrected chi connectivity index (χ0v) is 20.7. The molecule has 0 aromatic heterocycles. The molecule has 1 amide bonds. The average molecular weight is 486 g/mol. The van der Waals surface area contributed by atoms with Gasteiger partial charge in [0, 0.05) is 27.6 Å². The molecule has 0 N–H and O–H groups in total. The zero-order chi connectivity index (χ0) is 23.6. The Balaban J connectivity index is 1.57. The first-order valence-electron chi connectivity index (χ1n) is 11.2. The van der Waals surface area contributed by atoms with Crippen molar-refractivity contribution in [2.24, 2.45) is 0 Å². The molecule has 0 atom stereocenters. The first kappa shape index (κ1) is 24.0. The largest absolute Gasteiger partial charge is 0.497 e. The summed E-state index contributed by atoms with van der Waals surface area (Å²) in [5.41, 5.74) is 1.55. The van der Waals surface area contributed by atoms with Gasteiger partial charge in [0.15, 0.2) is 0 Å². The van der Waals surface area contributed by atoms with Crippen molar-refractivity contribution in [3.8, 4) is 5.75 Å². The maximum absolute atomic E-state index is 13.5. The number of benzene rings is 4. The fraction of sp³-hybridized carbons (Fsp3) is 0.138. The van der Waals surface area contributed by atoms with Crippen LogP contribution in [-0.2, 0) is 0 Å². The van der Waals surface area contributed by atoms with Gasteiger partial charge < -0.3 is 9.64 Å². The van der Waals surface area contributed by atoms with Crippen LogP contribution >= 0.6 is 23.5 Å². The molecule has 34 heavy (non-hydrogen) atoms. The first-order chi connectivity index (χ1) is 16.7. The molecule has 0 unspecified atom stereocenters. The topological polar surface area (TPSA) is 29.5 Å². The average Bonchev–Trinajstić information content (AvgIpc) is 2.90. The van der Waals surface area contributed by atoms with Gasteiger partial charge in [0.25, 0.3) is 5.91 Å². The van der Waals surface area contributed by atoms with Crippen LogP contribution in [0.25, 0.3) is 0 Å². The summed E-state index contributed by atoms with van der Waals surface area (Å²) in [6.07, 6.45) is 0.823. The highest BCUT2D eigenvalue weighted by Gasteiger charge is 2.21. The molecule has 0 heterocycles. The summed E-state index contributed by atoms with van der Waals surface area (Å²) in [6, 6.07) is 38.0. The Bertz CT molecular complexity index is 1110. The second kappa shape index (κ2) is 12.4. The number of methoxy groups -OCH3 is 1. The SMILES string of the molecule is COc1ccc(N(CCC(Sc2ccccc2)Sc2ccccc2)C(=O)c2ccccc2)cc1. The standard InChI is InChI=1S/C29H27NO2S2/c1-32-25-19-17-24(18-20-25)30(29(31)23-11-5-2-6-12-23)22-21-28(33-26-13-7-3-8-14-26)34-27-15-9-4-10-16-27/h2-20,28H,21-22H2,1H3. The van der Waals surface area contributed by atoms with Gasteiger partial charge in [0.05, 0.1) is 11.7 Å². The lowest BCUT2D eigenvalue weighted by Crippen LogP contribution is -2.33. The van der Waals surface area contributed by atoms with Crippen LogP contribution < -0.4 is 9.64 Å². The van der Waals surface area contributed by atoms with Crippen LogP contribution in [0.2, 0.25) is 0 Å². The highest BCUT2D eigenvalue weighted by Crippen LogP contribution is 2.38. The van der Waals surface area contributed by atoms with Crippen molar-refractivity contribution < 1.29 is 9.53 Å². The van der Waals surface area contributed by atoms with Crippen LogP contribution in [-0.4, -0.2) is 24.1 Å². The molecule has 0 fully saturated rings. The van der Waals surface area contributed by atoms with Gasteiger partial charge in [-0.3, -0.25) is 4.79 Å². The van der Waals surface area contributed by atoms with E-state index in [1.54, 1.807) is 7.11 Å². The number of thioether (sulfide) groups is 2. The minimum Gasteiger partial charge on any atom is -0.497 e. The number of ether oxygens (including phenoxy) is 1. The Labute approximate surface area is 210 Å². The highest BCUT2D eigenvalue weighted by molar-refractivity contribution is 8.17. The molecule has 0 saturated carbocycles. The predicted molar refractivity (Wildman–Crippen MR) is 144 cm³/mol. The van der Waals surface area contributed by atoms with E-state index in [-0.39, 0.29) is 10.5 Å². The molecular weight excluding hydrogens is 458 g/mol. The predicted octanol–water partition coefficient (Wildman–Crippen LogP) is 7.64. The van der Waals surface area contributed by atoms with Gasteiger partial charge >= 0.3 is 0 Å². The number of carbonyl (C=O) groups excluding carboxylic acids is 1. The van der Waals surface area contributed by atoms with E-state index in [4.69, 9.17) is 4.74 Å². The van der Waals surface area contributed by atoms with E-state index in [0.29, 0.717) is 12.1 Å². The van der Waals surface area contributed by atoms with Crippen LogP contribution in [0.1, 0.15) is 16.8 Å². The van der Waals surface area contributed by atoms with E-state index in [9.17, 15) is 4.79 Å². The molecule has 4 aromatic carbocycles. The monoisotopic (exact) mass is 485 g/mol. The molecule has 0 spiro atoms. The number of nitrogens with zero attached hydrogens (tertiary/aromatic N) is 1. The Hall–Kier alpha value is -3.15. The molecule has 3 nitrogen and oxygen atoms in total. The summed E-state index contributed by atoms with van der Waals surface area (Å²) in [5, 5.41) is 0. The Kier molecular flexibility index (Phi) is 8.71. The van der Waals surface area contributed by atoms with Crippen molar-refractivity contribution in [1.29, 1.82) is 0 Å². The molecule has 0 aliphatic rings. The highest BCUT2D eigenvalue weighted by atomic mass is 32.2. The number of anilines is 1. The summed E-state index contributed by atoms with van der Waals surface area (Å²) in [5.74, 6) is 0.770. The maximum atomic E-state index is 13.5. The van der Waals surface area contributed by atoms with Gasteiger partial charge in [-0.25, -0.2) is 0 Å². The van der Waals surface area contributed by atoms with Crippen LogP contribution in [0, 0.1) is 0 Å². The summed E-state index contributed by atoms with van der Waals surface area (Å²) in [7, 11) is 1.65. The van der Waals surface area contributed by atoms with E-state index in [1.165, 1.54) is 9.79 Å². The van der Waals surface area contributed by atoms with E-state index in [1.807, 2.05) is 95.2 Å². The molecule has 0 radical (unpaired) electrons. The Morgan fingerprint density at radius 3 is 1.74 bits per heavy atom. The number of rotatable bonds is 10. The van der Waals surface area contributed by atoms with Crippen LogP contribution in [0.5, 0.6) is 5.75 Å². The first-order valence-corrected chi connectivity index (χ1v) is 12.9. The zero-order valence-electron chi connectivity index (χ0n) is 19.0. The quantitative estimate of drug-likeness (QED) is 0.170. The van der Waals surface area contributed by atoms with Crippen molar-refractivity contribution in [3.05, 3.63) is 121 Å². The third-order valence-electron chi connectivity index (χ3n) is 5.26. The lowest BCUT2D eigenvalue weighted by molar-refractivity contribution is 0.0987. The lowest BCUT2D eigenvalue weighted by atomic mass is 10.1. The Morgan fingerprint density at radius 1 is 0.735 bits per heavy atom. The molecule has 0 bridgehead atoms. The van der Waals surface area contributed by atoms with Crippen LogP contribution in [0.15, 0.2) is 125 Å². The fourth-order valence-electron chi connectivity index (χ4n) is 3.52. The van der Waals surface area contributed by atoms with Crippen molar-refractivity contribution in [1.82, 2.24) is 0 Å². The summed E-state index contributed by atoms with van der Waals surface area (Å²) in [4.78, 5) is 17.8. The molecule has 5 heteroatoms. The molecule has 4 rings (SSSR count). The summed E-state index contributed by atoms with van der Waals surface area (Å²) >= 11 is 3.68. The van der Waals surface area contributed by atoms with E-state index >= 15 is 0 Å².